The fraction of sp³-hybridized carbons (Fsp3) is 0.375. The molecule has 2 bridgehead atoms. The van der Waals surface area contributed by atoms with Gasteiger partial charge in [-0.3, -0.25) is 4.90 Å². The molecule has 45 heavy (non-hydrogen) atoms. The predicted molar refractivity (Wildman–Crippen MR) is 167 cm³/mol. The highest BCUT2D eigenvalue weighted by molar-refractivity contribution is 6.05. The van der Waals surface area contributed by atoms with Crippen molar-refractivity contribution in [2.45, 2.75) is 50.9 Å². The van der Waals surface area contributed by atoms with Gasteiger partial charge in [-0.05, 0) is 74.8 Å². The average molecular weight is 620 g/mol. The molecule has 0 spiro atoms. The van der Waals surface area contributed by atoms with Crippen LogP contribution in [-0.2, 0) is 12.7 Å². The molecule has 4 aromatic rings. The minimum Gasteiger partial charge on any atom is -0.366 e. The second-order valence-corrected chi connectivity index (χ2v) is 11.4. The van der Waals surface area contributed by atoms with Crippen LogP contribution in [0.3, 0.4) is 0 Å². The minimum atomic E-state index is -4.47. The monoisotopic (exact) mass is 619 g/mol. The molecule has 2 aliphatic rings. The van der Waals surface area contributed by atoms with Crippen LogP contribution < -0.4 is 26.2 Å². The number of aromatic nitrogens is 4. The lowest BCUT2D eigenvalue weighted by Gasteiger charge is -2.36. The summed E-state index contributed by atoms with van der Waals surface area (Å²) in [6.07, 6.45) is 2.57. The van der Waals surface area contributed by atoms with Gasteiger partial charge in [0.25, 0.3) is 0 Å². The molecule has 6 rings (SSSR count). The first-order chi connectivity index (χ1) is 21.8. The number of nitrogens with one attached hydrogen (secondary N) is 2. The molecule has 0 saturated carbocycles. The molecule has 4 heterocycles. The maximum absolute atomic E-state index is 13.8. The van der Waals surface area contributed by atoms with E-state index in [4.69, 9.17) is 10.7 Å². The number of nitrogens with zero attached hydrogens (tertiary/aromatic N) is 6. The highest BCUT2D eigenvalue weighted by Crippen LogP contribution is 2.41. The van der Waals surface area contributed by atoms with Crippen molar-refractivity contribution < 1.29 is 18.0 Å². The van der Waals surface area contributed by atoms with Gasteiger partial charge >= 0.3 is 12.2 Å². The third-order valence-electron chi connectivity index (χ3n) is 8.17. The Labute approximate surface area is 259 Å². The summed E-state index contributed by atoms with van der Waals surface area (Å²) in [7, 11) is 0. The van der Waals surface area contributed by atoms with Gasteiger partial charge in [-0.25, -0.2) is 14.5 Å². The number of carbonyl (C=O) groups is 1. The summed E-state index contributed by atoms with van der Waals surface area (Å²) in [6, 6.07) is 15.5. The van der Waals surface area contributed by atoms with Gasteiger partial charge in [0.2, 0.25) is 0 Å². The number of nitrogens with two attached hydrogens (primary N) is 1. The Morgan fingerprint density at radius 3 is 2.71 bits per heavy atom. The van der Waals surface area contributed by atoms with E-state index in [1.54, 1.807) is 27.8 Å². The number of carbonyl (C=O) groups excluding carboxylic acids is 1. The number of rotatable bonds is 11. The summed E-state index contributed by atoms with van der Waals surface area (Å²) in [5, 5.41) is 14.9. The van der Waals surface area contributed by atoms with E-state index in [0.29, 0.717) is 35.9 Å². The minimum absolute atomic E-state index is 0.115. The Kier molecular flexibility index (Phi) is 8.99. The van der Waals surface area contributed by atoms with E-state index in [9.17, 15) is 18.0 Å². The second-order valence-electron chi connectivity index (χ2n) is 11.4. The number of halogens is 3. The van der Waals surface area contributed by atoms with E-state index in [0.717, 1.165) is 80.9 Å². The number of benzene rings is 2. The van der Waals surface area contributed by atoms with Gasteiger partial charge in [0.15, 0.2) is 5.82 Å². The fourth-order valence-corrected chi connectivity index (χ4v) is 5.87. The number of pyridine rings is 1. The summed E-state index contributed by atoms with van der Waals surface area (Å²) in [5.41, 5.74) is 8.39. The summed E-state index contributed by atoms with van der Waals surface area (Å²) in [4.78, 5) is 22.3. The first-order valence-corrected chi connectivity index (χ1v) is 15.3. The molecule has 2 aromatic heterocycles. The van der Waals surface area contributed by atoms with Crippen LogP contribution in [0.25, 0.3) is 16.9 Å². The zero-order valence-electron chi connectivity index (χ0n) is 24.8. The summed E-state index contributed by atoms with van der Waals surface area (Å²) >= 11 is 0. The van der Waals surface area contributed by atoms with E-state index in [-0.39, 0.29) is 12.1 Å². The van der Waals surface area contributed by atoms with E-state index < -0.39 is 11.7 Å². The van der Waals surface area contributed by atoms with E-state index in [1.807, 2.05) is 30.5 Å². The molecule has 1 fully saturated rings. The Morgan fingerprint density at radius 2 is 1.87 bits per heavy atom. The van der Waals surface area contributed by atoms with Crippen LogP contribution in [-0.4, -0.2) is 58.2 Å². The van der Waals surface area contributed by atoms with Crippen LogP contribution in [0.2, 0.25) is 0 Å². The number of urea groups is 1. The lowest BCUT2D eigenvalue weighted by atomic mass is 10.1. The van der Waals surface area contributed by atoms with Crippen molar-refractivity contribution >= 4 is 23.2 Å². The van der Waals surface area contributed by atoms with Crippen molar-refractivity contribution in [1.82, 2.24) is 25.3 Å². The van der Waals surface area contributed by atoms with Gasteiger partial charge in [-0.15, -0.1) is 5.10 Å². The number of alkyl halides is 3. The number of amides is 2. The molecule has 2 amide bonds. The molecular weight excluding hydrogens is 583 g/mol. The maximum atomic E-state index is 13.8. The summed E-state index contributed by atoms with van der Waals surface area (Å²) < 4.78 is 41.8. The largest absolute Gasteiger partial charge is 0.416 e. The van der Waals surface area contributed by atoms with Crippen molar-refractivity contribution in [3.63, 3.8) is 0 Å². The molecule has 0 unspecified atom stereocenters. The van der Waals surface area contributed by atoms with Crippen molar-refractivity contribution in [3.05, 3.63) is 78.1 Å². The van der Waals surface area contributed by atoms with Gasteiger partial charge < -0.3 is 21.3 Å². The molecule has 13 heteroatoms. The third-order valence-corrected chi connectivity index (χ3v) is 8.17. The number of hydrogen-bond donors (Lipinski definition) is 3. The highest BCUT2D eigenvalue weighted by Gasteiger charge is 2.40. The van der Waals surface area contributed by atoms with Crippen LogP contribution in [0.4, 0.5) is 35.2 Å². The molecule has 2 aromatic carbocycles. The summed E-state index contributed by atoms with van der Waals surface area (Å²) in [6.45, 7) is 3.66. The normalized spacial score (nSPS) is 15.8. The van der Waals surface area contributed by atoms with E-state index >= 15 is 0 Å². The lowest BCUT2D eigenvalue weighted by molar-refractivity contribution is -0.137. The first kappa shape index (κ1) is 30.5. The third kappa shape index (κ3) is 6.94. The Balaban J connectivity index is 1.16. The van der Waals surface area contributed by atoms with Crippen LogP contribution in [0.1, 0.15) is 43.4 Å². The van der Waals surface area contributed by atoms with Crippen molar-refractivity contribution in [1.29, 1.82) is 0 Å². The van der Waals surface area contributed by atoms with Crippen LogP contribution in [0.5, 0.6) is 0 Å². The van der Waals surface area contributed by atoms with Gasteiger partial charge in [0.05, 0.1) is 40.6 Å². The van der Waals surface area contributed by atoms with Crippen LogP contribution in [0, 0.1) is 0 Å². The molecule has 10 nitrogen and oxygen atoms in total. The first-order valence-electron chi connectivity index (χ1n) is 15.3. The lowest BCUT2D eigenvalue weighted by Crippen LogP contribution is -2.48. The van der Waals surface area contributed by atoms with Gasteiger partial charge in [-0.1, -0.05) is 36.3 Å². The van der Waals surface area contributed by atoms with Crippen LogP contribution >= 0.6 is 0 Å². The van der Waals surface area contributed by atoms with Gasteiger partial charge in [-0.2, -0.15) is 13.2 Å². The zero-order valence-corrected chi connectivity index (χ0v) is 24.8. The fourth-order valence-electron chi connectivity index (χ4n) is 5.87. The molecule has 2 aliphatic heterocycles. The Hall–Kier alpha value is -4.49. The number of hydrogen-bond acceptors (Lipinski definition) is 7. The molecule has 1 saturated heterocycles. The van der Waals surface area contributed by atoms with Crippen molar-refractivity contribution in [2.24, 2.45) is 5.73 Å². The average Bonchev–Trinajstić information content (AvgIpc) is 3.68. The van der Waals surface area contributed by atoms with E-state index in [1.165, 1.54) is 6.07 Å². The smallest absolute Gasteiger partial charge is 0.366 e. The number of anilines is 3. The molecule has 4 N–H and O–H groups in total. The molecule has 0 aliphatic carbocycles. The molecule has 1 atom stereocenters. The maximum Gasteiger partial charge on any atom is 0.416 e. The zero-order chi connectivity index (χ0) is 31.4. The van der Waals surface area contributed by atoms with Gasteiger partial charge in [0.1, 0.15) is 0 Å². The summed E-state index contributed by atoms with van der Waals surface area (Å²) in [5.74, 6) is 0.431. The Bertz CT molecular complexity index is 1640. The quantitative estimate of drug-likeness (QED) is 0.188. The molecular formula is C32H36F3N9O. The van der Waals surface area contributed by atoms with Crippen molar-refractivity contribution in [2.75, 3.05) is 41.3 Å². The second kappa shape index (κ2) is 13.2. The SMILES string of the molecule is NCCCCCCNCc1cn(-c2cccc(NC(=O)N3c4nc(-c5cccc(C(F)(F)F)c5)ccc4N4CC[C@H]3C4)c2)nn1. The topological polar surface area (TPSA) is 117 Å². The molecule has 0 radical (unpaired) electrons. The number of unbranched alkanes of at least 4 members (excludes halogenated alkanes) is 3. The van der Waals surface area contributed by atoms with Crippen molar-refractivity contribution in [3.8, 4) is 16.9 Å². The number of fused-ring (bicyclic) bond motifs is 4. The predicted octanol–water partition coefficient (Wildman–Crippen LogP) is 5.59. The highest BCUT2D eigenvalue weighted by atomic mass is 19.4. The van der Waals surface area contributed by atoms with Crippen LogP contribution in [0.15, 0.2) is 66.9 Å². The Morgan fingerprint density at radius 1 is 1.02 bits per heavy atom. The molecule has 236 valence electrons. The van der Waals surface area contributed by atoms with Gasteiger partial charge in [0, 0.05) is 30.9 Å². The van der Waals surface area contributed by atoms with E-state index in [2.05, 4.69) is 25.8 Å². The standard InChI is InChI=1S/C32H36F3N9O/c33-32(34,35)23-8-5-7-22(17-23)28-11-12-29-30(39-28)44(27-13-16-42(29)21-27)31(45)38-24-9-6-10-26(18-24)43-20-25(40-41-43)19-37-15-4-2-1-3-14-36/h5-12,17-18,20,27,37H,1-4,13-16,19,21,36H2,(H,38,45)/t27-/m0/s1.